The second kappa shape index (κ2) is 8.19. The number of esters is 1. The van der Waals surface area contributed by atoms with Crippen molar-refractivity contribution in [1.82, 2.24) is 0 Å². The van der Waals surface area contributed by atoms with Crippen LogP contribution < -0.4 is 10.1 Å². The van der Waals surface area contributed by atoms with Crippen LogP contribution in [0.5, 0.6) is 5.75 Å². The summed E-state index contributed by atoms with van der Waals surface area (Å²) in [5.74, 6) is -0.214. The third-order valence-electron chi connectivity index (χ3n) is 5.72. The van der Waals surface area contributed by atoms with E-state index in [0.29, 0.717) is 5.69 Å². The largest absolute Gasteiger partial charge is 0.448 e. The van der Waals surface area contributed by atoms with E-state index in [0.717, 1.165) is 21.9 Å². The Balaban J connectivity index is 1.40. The van der Waals surface area contributed by atoms with Crippen molar-refractivity contribution in [1.29, 1.82) is 0 Å². The molecule has 0 spiro atoms. The number of hydrogen-bond donors (Lipinski definition) is 1. The molecule has 0 heterocycles. The number of ether oxygens (including phenoxy) is 2. The minimum atomic E-state index is -0.600. The van der Waals surface area contributed by atoms with Gasteiger partial charge in [-0.05, 0) is 33.7 Å². The van der Waals surface area contributed by atoms with Gasteiger partial charge in [-0.3, -0.25) is 10.1 Å². The van der Waals surface area contributed by atoms with Crippen LogP contribution in [0.25, 0.3) is 21.9 Å². The van der Waals surface area contributed by atoms with Crippen LogP contribution in [0.3, 0.4) is 0 Å². The third kappa shape index (κ3) is 3.58. The molecule has 4 aromatic carbocycles. The van der Waals surface area contributed by atoms with E-state index in [2.05, 4.69) is 29.6 Å². The quantitative estimate of drug-likeness (QED) is 0.317. The summed E-state index contributed by atoms with van der Waals surface area (Å²) in [7, 11) is 0. The highest BCUT2D eigenvalue weighted by atomic mass is 16.6. The van der Waals surface area contributed by atoms with Gasteiger partial charge in [-0.25, -0.2) is 4.79 Å². The van der Waals surface area contributed by atoms with Crippen molar-refractivity contribution in [2.75, 3.05) is 11.9 Å². The van der Waals surface area contributed by atoms with Crippen molar-refractivity contribution in [3.05, 3.63) is 96.1 Å². The van der Waals surface area contributed by atoms with E-state index in [1.54, 1.807) is 6.07 Å². The Hall–Kier alpha value is -4.12. The maximum atomic E-state index is 12.8. The highest BCUT2D eigenvalue weighted by Crippen LogP contribution is 2.44. The minimum absolute atomic E-state index is 0.0337. The van der Waals surface area contributed by atoms with E-state index in [9.17, 15) is 9.59 Å². The molecule has 0 aliphatic heterocycles. The summed E-state index contributed by atoms with van der Waals surface area (Å²) in [4.78, 5) is 24.4. The number of benzene rings is 4. The number of carbonyl (C=O) groups excluding carboxylic acids is 2. The number of nitrogens with one attached hydrogen (secondary N) is 1. The van der Waals surface area contributed by atoms with Gasteiger partial charge in [0.15, 0.2) is 5.75 Å². The smallest absolute Gasteiger partial charge is 0.411 e. The average Bonchev–Trinajstić information content (AvgIpc) is 3.13. The monoisotopic (exact) mass is 423 g/mol. The Morgan fingerprint density at radius 2 is 1.44 bits per heavy atom. The molecule has 0 unspecified atom stereocenters. The molecular weight excluding hydrogens is 402 g/mol. The molecule has 0 fully saturated rings. The summed E-state index contributed by atoms with van der Waals surface area (Å²) in [6, 6.07) is 27.4. The third-order valence-corrected chi connectivity index (χ3v) is 5.72. The van der Waals surface area contributed by atoms with E-state index >= 15 is 0 Å². The highest BCUT2D eigenvalue weighted by molar-refractivity contribution is 6.03. The molecule has 0 saturated heterocycles. The Morgan fingerprint density at radius 3 is 2.12 bits per heavy atom. The molecular formula is C27H21NO4. The molecule has 4 aromatic rings. The van der Waals surface area contributed by atoms with Crippen LogP contribution in [-0.2, 0) is 9.53 Å². The number of carbonyl (C=O) groups is 2. The zero-order chi connectivity index (χ0) is 22.1. The standard InChI is InChI=1S/C27H21NO4/c1-17(29)32-25-15-14-18-8-2-3-9-19(18)26(25)28-27(30)31-16-24-22-12-6-4-10-20(22)21-11-5-7-13-23(21)24/h2-15,24H,16H2,1H3,(H,28,30). The predicted octanol–water partition coefficient (Wildman–Crippen LogP) is 6.13. The fourth-order valence-corrected chi connectivity index (χ4v) is 4.36. The second-order valence-corrected chi connectivity index (χ2v) is 7.70. The summed E-state index contributed by atoms with van der Waals surface area (Å²) in [5, 5.41) is 4.47. The molecule has 158 valence electrons. The Kier molecular flexibility index (Phi) is 5.07. The van der Waals surface area contributed by atoms with Gasteiger partial charge in [0, 0.05) is 18.2 Å². The zero-order valence-electron chi connectivity index (χ0n) is 17.5. The molecule has 0 saturated carbocycles. The lowest BCUT2D eigenvalue weighted by Crippen LogP contribution is -2.19. The van der Waals surface area contributed by atoms with Crippen LogP contribution in [0.15, 0.2) is 84.9 Å². The Labute approximate surface area is 185 Å². The number of anilines is 1. The Bertz CT molecular complexity index is 1300. The van der Waals surface area contributed by atoms with Crippen LogP contribution in [-0.4, -0.2) is 18.7 Å². The molecule has 5 heteroatoms. The normalized spacial score (nSPS) is 12.2. The summed E-state index contributed by atoms with van der Waals surface area (Å²) in [6.45, 7) is 1.53. The van der Waals surface area contributed by atoms with E-state index < -0.39 is 12.1 Å². The van der Waals surface area contributed by atoms with E-state index in [1.807, 2.05) is 54.6 Å². The lowest BCUT2D eigenvalue weighted by molar-refractivity contribution is -0.131. The van der Waals surface area contributed by atoms with Crippen molar-refractivity contribution < 1.29 is 19.1 Å². The molecule has 0 aromatic heterocycles. The van der Waals surface area contributed by atoms with Crippen LogP contribution in [0.2, 0.25) is 0 Å². The fourth-order valence-electron chi connectivity index (χ4n) is 4.36. The van der Waals surface area contributed by atoms with Gasteiger partial charge in [0.1, 0.15) is 6.61 Å². The van der Waals surface area contributed by atoms with E-state index in [1.165, 1.54) is 18.1 Å². The van der Waals surface area contributed by atoms with Gasteiger partial charge in [-0.2, -0.15) is 0 Å². The topological polar surface area (TPSA) is 64.6 Å². The highest BCUT2D eigenvalue weighted by Gasteiger charge is 2.29. The SMILES string of the molecule is CC(=O)Oc1ccc2ccccc2c1NC(=O)OCC1c2ccccc2-c2ccccc21. The summed E-state index contributed by atoms with van der Waals surface area (Å²) in [6.07, 6.45) is -0.600. The molecule has 0 bridgehead atoms. The van der Waals surface area contributed by atoms with E-state index in [-0.39, 0.29) is 18.3 Å². The van der Waals surface area contributed by atoms with Crippen LogP contribution in [0.1, 0.15) is 24.0 Å². The molecule has 0 atom stereocenters. The van der Waals surface area contributed by atoms with Gasteiger partial charge in [0.05, 0.1) is 5.69 Å². The molecule has 32 heavy (non-hydrogen) atoms. The fraction of sp³-hybridized carbons (Fsp3) is 0.111. The van der Waals surface area contributed by atoms with Gasteiger partial charge in [0.25, 0.3) is 0 Å². The van der Waals surface area contributed by atoms with Crippen molar-refractivity contribution in [3.8, 4) is 16.9 Å². The first-order valence-corrected chi connectivity index (χ1v) is 10.4. The number of fused-ring (bicyclic) bond motifs is 4. The predicted molar refractivity (Wildman–Crippen MR) is 124 cm³/mol. The molecule has 1 aliphatic rings. The summed E-state index contributed by atoms with van der Waals surface area (Å²) in [5.41, 5.74) is 5.04. The molecule has 1 aliphatic carbocycles. The van der Waals surface area contributed by atoms with E-state index in [4.69, 9.17) is 9.47 Å². The maximum absolute atomic E-state index is 12.8. The lowest BCUT2D eigenvalue weighted by atomic mass is 9.98. The van der Waals surface area contributed by atoms with Gasteiger partial charge >= 0.3 is 12.1 Å². The van der Waals surface area contributed by atoms with Crippen molar-refractivity contribution >= 4 is 28.5 Å². The van der Waals surface area contributed by atoms with Gasteiger partial charge in [-0.1, -0.05) is 78.9 Å². The summed E-state index contributed by atoms with van der Waals surface area (Å²) >= 11 is 0. The number of hydrogen-bond acceptors (Lipinski definition) is 4. The first kappa shape index (κ1) is 19.8. The van der Waals surface area contributed by atoms with Crippen LogP contribution in [0.4, 0.5) is 10.5 Å². The molecule has 1 N–H and O–H groups in total. The molecule has 1 amide bonds. The van der Waals surface area contributed by atoms with Crippen LogP contribution >= 0.6 is 0 Å². The zero-order valence-corrected chi connectivity index (χ0v) is 17.5. The van der Waals surface area contributed by atoms with Gasteiger partial charge < -0.3 is 9.47 Å². The first-order valence-electron chi connectivity index (χ1n) is 10.4. The molecule has 5 nitrogen and oxygen atoms in total. The van der Waals surface area contributed by atoms with Crippen molar-refractivity contribution in [3.63, 3.8) is 0 Å². The molecule has 5 rings (SSSR count). The minimum Gasteiger partial charge on any atom is -0.448 e. The lowest BCUT2D eigenvalue weighted by Gasteiger charge is -2.16. The summed E-state index contributed by atoms with van der Waals surface area (Å²) < 4.78 is 11.0. The van der Waals surface area contributed by atoms with Crippen molar-refractivity contribution in [2.45, 2.75) is 12.8 Å². The Morgan fingerprint density at radius 1 is 0.812 bits per heavy atom. The average molecular weight is 423 g/mol. The van der Waals surface area contributed by atoms with Gasteiger partial charge in [0.2, 0.25) is 0 Å². The van der Waals surface area contributed by atoms with Crippen LogP contribution in [0, 0.1) is 0 Å². The van der Waals surface area contributed by atoms with Crippen molar-refractivity contribution in [2.24, 2.45) is 0 Å². The number of rotatable bonds is 4. The number of amides is 1. The second-order valence-electron chi connectivity index (χ2n) is 7.70. The molecule has 0 radical (unpaired) electrons. The maximum Gasteiger partial charge on any atom is 0.411 e. The first-order chi connectivity index (χ1) is 15.6. The van der Waals surface area contributed by atoms with Gasteiger partial charge in [-0.15, -0.1) is 0 Å².